The molecule has 0 radical (unpaired) electrons. The number of rotatable bonds is 7. The predicted octanol–water partition coefficient (Wildman–Crippen LogP) is 2.89. The number of carbonyl (C=O) groups excluding carboxylic acids is 1. The van der Waals surface area contributed by atoms with E-state index in [9.17, 15) is 4.79 Å². The lowest BCUT2D eigenvalue weighted by molar-refractivity contribution is -0.124. The molecule has 2 aromatic rings. The minimum absolute atomic E-state index is 0.0726. The third-order valence-electron chi connectivity index (χ3n) is 4.54. The number of nitrogens with zero attached hydrogens (tertiary/aromatic N) is 2. The molecule has 3 rings (SSSR count). The highest BCUT2D eigenvalue weighted by molar-refractivity contribution is 5.78. The zero-order chi connectivity index (χ0) is 18.2. The maximum atomic E-state index is 12.4. The molecule has 5 heteroatoms. The van der Waals surface area contributed by atoms with Crippen molar-refractivity contribution < 1.29 is 9.53 Å². The van der Waals surface area contributed by atoms with Gasteiger partial charge in [0.2, 0.25) is 0 Å². The van der Waals surface area contributed by atoms with Gasteiger partial charge in [-0.25, -0.2) is 0 Å². The Kier molecular flexibility index (Phi) is 6.24. The fourth-order valence-corrected chi connectivity index (χ4v) is 3.21. The van der Waals surface area contributed by atoms with Crippen LogP contribution in [0.25, 0.3) is 0 Å². The molecule has 0 aliphatic carbocycles. The van der Waals surface area contributed by atoms with E-state index in [2.05, 4.69) is 16.3 Å². The third-order valence-corrected chi connectivity index (χ3v) is 4.54. The summed E-state index contributed by atoms with van der Waals surface area (Å²) >= 11 is 0. The van der Waals surface area contributed by atoms with Crippen LogP contribution in [0.5, 0.6) is 5.75 Å². The smallest absolute Gasteiger partial charge is 0.258 e. The molecule has 2 aromatic carbocycles. The van der Waals surface area contributed by atoms with Crippen molar-refractivity contribution in [1.29, 1.82) is 5.26 Å². The van der Waals surface area contributed by atoms with Gasteiger partial charge in [0, 0.05) is 6.54 Å². The van der Waals surface area contributed by atoms with Crippen LogP contribution in [0.1, 0.15) is 30.0 Å². The summed E-state index contributed by atoms with van der Waals surface area (Å²) in [5.41, 5.74) is 1.52. The van der Waals surface area contributed by atoms with Gasteiger partial charge < -0.3 is 15.0 Å². The summed E-state index contributed by atoms with van der Waals surface area (Å²) < 4.78 is 5.55. The Hall–Kier alpha value is -2.84. The van der Waals surface area contributed by atoms with Crippen molar-refractivity contribution >= 4 is 5.91 Å². The Morgan fingerprint density at radius 2 is 1.81 bits per heavy atom. The number of hydrogen-bond donors (Lipinski definition) is 1. The summed E-state index contributed by atoms with van der Waals surface area (Å²) in [4.78, 5) is 14.8. The number of para-hydroxylation sites is 1. The maximum Gasteiger partial charge on any atom is 0.258 e. The Bertz CT molecular complexity index is 764. The van der Waals surface area contributed by atoms with Gasteiger partial charge in [-0.3, -0.25) is 4.79 Å². The Morgan fingerprint density at radius 3 is 2.54 bits per heavy atom. The number of nitrogens with one attached hydrogen (secondary N) is 1. The van der Waals surface area contributed by atoms with Crippen LogP contribution < -0.4 is 10.1 Å². The summed E-state index contributed by atoms with van der Waals surface area (Å²) in [6.07, 6.45) is 2.42. The number of benzene rings is 2. The molecule has 1 fully saturated rings. The first kappa shape index (κ1) is 18.0. The van der Waals surface area contributed by atoms with Crippen LogP contribution in [0.4, 0.5) is 0 Å². The number of ether oxygens (including phenoxy) is 1. The Balaban J connectivity index is 1.62. The van der Waals surface area contributed by atoms with Crippen molar-refractivity contribution in [3.05, 3.63) is 65.7 Å². The van der Waals surface area contributed by atoms with Gasteiger partial charge in [-0.15, -0.1) is 0 Å². The van der Waals surface area contributed by atoms with Gasteiger partial charge in [-0.1, -0.05) is 42.5 Å². The van der Waals surface area contributed by atoms with Gasteiger partial charge in [0.1, 0.15) is 11.8 Å². The number of likely N-dealkylation sites (tertiary alicyclic amines) is 1. The molecule has 134 valence electrons. The van der Waals surface area contributed by atoms with Crippen molar-refractivity contribution in [2.45, 2.75) is 18.9 Å². The highest BCUT2D eigenvalue weighted by Crippen LogP contribution is 2.19. The molecule has 5 nitrogen and oxygen atoms in total. The van der Waals surface area contributed by atoms with Gasteiger partial charge in [0.15, 0.2) is 6.61 Å². The third kappa shape index (κ3) is 4.84. The van der Waals surface area contributed by atoms with E-state index < -0.39 is 0 Å². The fraction of sp³-hybridized carbons (Fsp3) is 0.333. The van der Waals surface area contributed by atoms with Crippen molar-refractivity contribution in [1.82, 2.24) is 10.2 Å². The van der Waals surface area contributed by atoms with Gasteiger partial charge in [-0.05, 0) is 43.6 Å². The second kappa shape index (κ2) is 9.02. The highest BCUT2D eigenvalue weighted by atomic mass is 16.5. The van der Waals surface area contributed by atoms with E-state index in [1.807, 2.05) is 30.3 Å². The predicted molar refractivity (Wildman–Crippen MR) is 99.7 cm³/mol. The van der Waals surface area contributed by atoms with Crippen LogP contribution in [0.2, 0.25) is 0 Å². The van der Waals surface area contributed by atoms with Gasteiger partial charge in [0.25, 0.3) is 5.91 Å². The van der Waals surface area contributed by atoms with Crippen LogP contribution >= 0.6 is 0 Å². The van der Waals surface area contributed by atoms with E-state index in [0.717, 1.165) is 25.2 Å². The molecule has 1 amide bonds. The normalized spacial score (nSPS) is 15.2. The first-order chi connectivity index (χ1) is 12.8. The molecule has 1 aliphatic rings. The summed E-state index contributed by atoms with van der Waals surface area (Å²) in [7, 11) is 0. The summed E-state index contributed by atoms with van der Waals surface area (Å²) in [5.74, 6) is 0.242. The monoisotopic (exact) mass is 349 g/mol. The molecule has 26 heavy (non-hydrogen) atoms. The highest BCUT2D eigenvalue weighted by Gasteiger charge is 2.21. The SMILES string of the molecule is N#Cc1ccccc1OCC(=O)NC(CN1CCCC1)c1ccccc1. The first-order valence-corrected chi connectivity index (χ1v) is 8.95. The van der Waals surface area contributed by atoms with Gasteiger partial charge in [-0.2, -0.15) is 5.26 Å². The summed E-state index contributed by atoms with van der Waals surface area (Å²) in [6, 6.07) is 18.9. The molecule has 1 aliphatic heterocycles. The molecule has 0 bridgehead atoms. The largest absolute Gasteiger partial charge is 0.482 e. The van der Waals surface area contributed by atoms with Crippen LogP contribution in [-0.2, 0) is 4.79 Å². The molecule has 1 atom stereocenters. The quantitative estimate of drug-likeness (QED) is 0.835. The molecule has 1 heterocycles. The number of amides is 1. The zero-order valence-corrected chi connectivity index (χ0v) is 14.7. The molecule has 1 unspecified atom stereocenters. The minimum Gasteiger partial charge on any atom is -0.482 e. The van der Waals surface area contributed by atoms with Gasteiger partial charge in [0.05, 0.1) is 11.6 Å². The first-order valence-electron chi connectivity index (χ1n) is 8.95. The van der Waals surface area contributed by atoms with E-state index >= 15 is 0 Å². The average Bonchev–Trinajstić information content (AvgIpc) is 3.20. The van der Waals surface area contributed by atoms with Crippen LogP contribution in [0.3, 0.4) is 0 Å². The molecular weight excluding hydrogens is 326 g/mol. The van der Waals surface area contributed by atoms with Crippen LogP contribution in [0.15, 0.2) is 54.6 Å². The molecule has 0 saturated carbocycles. The van der Waals surface area contributed by atoms with Crippen molar-refractivity contribution in [3.63, 3.8) is 0 Å². The summed E-state index contributed by atoms with van der Waals surface area (Å²) in [6.45, 7) is 2.84. The molecular formula is C21H23N3O2. The standard InChI is InChI=1S/C21H23N3O2/c22-14-18-10-4-5-11-20(18)26-16-21(25)23-19(15-24-12-6-7-13-24)17-8-2-1-3-9-17/h1-5,8-11,19H,6-7,12-13,15-16H2,(H,23,25). The molecule has 0 spiro atoms. The van der Waals surface area contributed by atoms with E-state index in [-0.39, 0.29) is 18.6 Å². The van der Waals surface area contributed by atoms with Gasteiger partial charge >= 0.3 is 0 Å². The van der Waals surface area contributed by atoms with E-state index in [1.165, 1.54) is 12.8 Å². The lowest BCUT2D eigenvalue weighted by Crippen LogP contribution is -2.39. The van der Waals surface area contributed by atoms with Crippen molar-refractivity contribution in [2.24, 2.45) is 0 Å². The molecule has 1 saturated heterocycles. The zero-order valence-electron chi connectivity index (χ0n) is 14.7. The fourth-order valence-electron chi connectivity index (χ4n) is 3.21. The minimum atomic E-state index is -0.189. The van der Waals surface area contributed by atoms with E-state index in [1.54, 1.807) is 24.3 Å². The number of hydrogen-bond acceptors (Lipinski definition) is 4. The summed E-state index contributed by atoms with van der Waals surface area (Å²) in [5, 5.41) is 12.2. The van der Waals surface area contributed by atoms with E-state index in [4.69, 9.17) is 10.00 Å². The van der Waals surface area contributed by atoms with E-state index in [0.29, 0.717) is 11.3 Å². The van der Waals surface area contributed by atoms with Crippen molar-refractivity contribution in [3.8, 4) is 11.8 Å². The topological polar surface area (TPSA) is 65.4 Å². The average molecular weight is 349 g/mol. The lowest BCUT2D eigenvalue weighted by atomic mass is 10.1. The molecule has 1 N–H and O–H groups in total. The Morgan fingerprint density at radius 1 is 1.12 bits per heavy atom. The second-order valence-corrected chi connectivity index (χ2v) is 6.44. The van der Waals surface area contributed by atoms with Crippen molar-refractivity contribution in [2.75, 3.05) is 26.2 Å². The maximum absolute atomic E-state index is 12.4. The second-order valence-electron chi connectivity index (χ2n) is 6.44. The van der Waals surface area contributed by atoms with Crippen LogP contribution in [-0.4, -0.2) is 37.0 Å². The lowest BCUT2D eigenvalue weighted by Gasteiger charge is -2.25. The number of nitriles is 1. The Labute approximate surface area is 154 Å². The molecule has 0 aromatic heterocycles. The number of carbonyl (C=O) groups is 1. The van der Waals surface area contributed by atoms with Crippen LogP contribution in [0, 0.1) is 11.3 Å².